The number of thioether (sulfide) groups is 1. The molecule has 3 aromatic rings. The maximum atomic E-state index is 13.1. The summed E-state index contributed by atoms with van der Waals surface area (Å²) in [4.78, 5) is 8.55. The molecule has 11 heteroatoms. The second kappa shape index (κ2) is 8.05. The lowest BCUT2D eigenvalue weighted by molar-refractivity contribution is -0.137. The molecule has 2 heterocycles. The molecular formula is C21H18F3N3O3S2. The van der Waals surface area contributed by atoms with Gasteiger partial charge in [-0.1, -0.05) is 6.07 Å². The van der Waals surface area contributed by atoms with Crippen LogP contribution >= 0.6 is 11.8 Å². The first-order valence-electron chi connectivity index (χ1n) is 9.36. The second-order valence-corrected chi connectivity index (χ2v) is 9.90. The summed E-state index contributed by atoms with van der Waals surface area (Å²) in [5, 5.41) is 1.14. The Bertz CT molecular complexity index is 1330. The van der Waals surface area contributed by atoms with Gasteiger partial charge >= 0.3 is 6.18 Å². The summed E-state index contributed by atoms with van der Waals surface area (Å²) in [5.41, 5.74) is 0.603. The Morgan fingerprint density at radius 2 is 1.94 bits per heavy atom. The fourth-order valence-electron chi connectivity index (χ4n) is 3.40. The highest BCUT2D eigenvalue weighted by molar-refractivity contribution is 8.12. The number of halogens is 3. The number of benzene rings is 2. The van der Waals surface area contributed by atoms with Crippen molar-refractivity contribution in [1.82, 2.24) is 9.71 Å². The quantitative estimate of drug-likeness (QED) is 0.572. The van der Waals surface area contributed by atoms with Crippen LogP contribution in [-0.2, 0) is 16.2 Å². The van der Waals surface area contributed by atoms with Gasteiger partial charge in [0.15, 0.2) is 0 Å². The van der Waals surface area contributed by atoms with Crippen LogP contribution in [0.1, 0.15) is 12.5 Å². The van der Waals surface area contributed by atoms with Crippen molar-refractivity contribution in [3.63, 3.8) is 0 Å². The molecule has 2 aromatic carbocycles. The average Bonchev–Trinajstić information content (AvgIpc) is 3.16. The molecule has 32 heavy (non-hydrogen) atoms. The zero-order valence-electron chi connectivity index (χ0n) is 17.0. The number of aromatic nitrogens is 1. The molecule has 168 valence electrons. The maximum Gasteiger partial charge on any atom is 0.416 e. The van der Waals surface area contributed by atoms with E-state index in [-0.39, 0.29) is 10.6 Å². The van der Waals surface area contributed by atoms with Crippen molar-refractivity contribution in [1.29, 1.82) is 0 Å². The number of alkyl halides is 3. The normalized spacial score (nSPS) is 18.9. The van der Waals surface area contributed by atoms with Gasteiger partial charge in [0.2, 0.25) is 10.0 Å². The third kappa shape index (κ3) is 4.32. The predicted molar refractivity (Wildman–Crippen MR) is 118 cm³/mol. The Kier molecular flexibility index (Phi) is 5.68. The number of sulfonamides is 1. The highest BCUT2D eigenvalue weighted by atomic mass is 32.2. The molecule has 0 saturated heterocycles. The molecule has 1 unspecified atom stereocenters. The molecule has 1 aliphatic rings. The largest absolute Gasteiger partial charge is 0.496 e. The minimum absolute atomic E-state index is 0.0164. The molecule has 0 saturated carbocycles. The van der Waals surface area contributed by atoms with Crippen LogP contribution in [0.4, 0.5) is 13.2 Å². The number of aliphatic imine (C=N–C) groups is 1. The van der Waals surface area contributed by atoms with Gasteiger partial charge in [-0.3, -0.25) is 9.98 Å². The molecule has 0 spiro atoms. The van der Waals surface area contributed by atoms with Crippen LogP contribution in [0.2, 0.25) is 0 Å². The van der Waals surface area contributed by atoms with Crippen LogP contribution in [0.15, 0.2) is 58.5 Å². The number of ether oxygens (including phenoxy) is 1. The van der Waals surface area contributed by atoms with E-state index in [2.05, 4.69) is 14.7 Å². The third-order valence-corrected chi connectivity index (χ3v) is 7.53. The van der Waals surface area contributed by atoms with Crippen molar-refractivity contribution < 1.29 is 26.3 Å². The van der Waals surface area contributed by atoms with Gasteiger partial charge in [0, 0.05) is 22.9 Å². The first-order valence-corrected chi connectivity index (χ1v) is 11.9. The van der Waals surface area contributed by atoms with Crippen molar-refractivity contribution in [3.05, 3.63) is 54.2 Å². The van der Waals surface area contributed by atoms with Crippen LogP contribution < -0.4 is 9.46 Å². The van der Waals surface area contributed by atoms with Crippen molar-refractivity contribution in [2.75, 3.05) is 12.9 Å². The van der Waals surface area contributed by atoms with Crippen LogP contribution in [0.25, 0.3) is 22.0 Å². The number of hydrogen-bond acceptors (Lipinski definition) is 6. The molecule has 0 radical (unpaired) electrons. The van der Waals surface area contributed by atoms with Gasteiger partial charge in [0.25, 0.3) is 0 Å². The molecule has 0 aliphatic carbocycles. The lowest BCUT2D eigenvalue weighted by Crippen LogP contribution is -2.44. The van der Waals surface area contributed by atoms with Crippen LogP contribution in [-0.4, -0.2) is 37.5 Å². The van der Waals surface area contributed by atoms with Crippen LogP contribution in [0.3, 0.4) is 0 Å². The van der Waals surface area contributed by atoms with Crippen molar-refractivity contribution >= 4 is 38.1 Å². The van der Waals surface area contributed by atoms with E-state index in [1.165, 1.54) is 43.3 Å². The smallest absolute Gasteiger partial charge is 0.416 e. The van der Waals surface area contributed by atoms with Gasteiger partial charge in [-0.25, -0.2) is 8.42 Å². The van der Waals surface area contributed by atoms with Gasteiger partial charge in [0.05, 0.1) is 28.8 Å². The third-order valence-electron chi connectivity index (χ3n) is 4.96. The van der Waals surface area contributed by atoms with E-state index in [4.69, 9.17) is 4.74 Å². The van der Waals surface area contributed by atoms with Gasteiger partial charge in [-0.05, 0) is 48.7 Å². The molecule has 0 bridgehead atoms. The molecule has 1 aliphatic heterocycles. The molecule has 1 aromatic heterocycles. The molecular weight excluding hydrogens is 463 g/mol. The summed E-state index contributed by atoms with van der Waals surface area (Å²) in [6.45, 7) is 1.70. The highest BCUT2D eigenvalue weighted by Crippen LogP contribution is 2.38. The molecule has 0 amide bonds. The summed E-state index contributed by atoms with van der Waals surface area (Å²) in [7, 11) is -2.57. The topological polar surface area (TPSA) is 80.6 Å². The summed E-state index contributed by atoms with van der Waals surface area (Å²) >= 11 is 1.42. The molecule has 6 nitrogen and oxygen atoms in total. The van der Waals surface area contributed by atoms with E-state index in [0.29, 0.717) is 27.8 Å². The van der Waals surface area contributed by atoms with Gasteiger partial charge in [-0.15, -0.1) is 11.8 Å². The maximum absolute atomic E-state index is 13.1. The second-order valence-electron chi connectivity index (χ2n) is 7.38. The van der Waals surface area contributed by atoms with Crippen molar-refractivity contribution in [3.8, 4) is 17.0 Å². The van der Waals surface area contributed by atoms with E-state index in [1.54, 1.807) is 24.6 Å². The van der Waals surface area contributed by atoms with E-state index >= 15 is 0 Å². The summed E-state index contributed by atoms with van der Waals surface area (Å²) in [6.07, 6.45) is -3.04. The monoisotopic (exact) mass is 481 g/mol. The first-order chi connectivity index (χ1) is 15.0. The van der Waals surface area contributed by atoms with E-state index in [9.17, 15) is 21.6 Å². The Morgan fingerprint density at radius 3 is 2.59 bits per heavy atom. The number of fused-ring (bicyclic) bond motifs is 1. The zero-order valence-corrected chi connectivity index (χ0v) is 18.6. The summed E-state index contributed by atoms with van der Waals surface area (Å²) < 4.78 is 72.8. The molecule has 1 atom stereocenters. The number of nitrogens with zero attached hydrogens (tertiary/aromatic N) is 2. The molecule has 0 fully saturated rings. The van der Waals surface area contributed by atoms with Gasteiger partial charge in [-0.2, -0.15) is 17.9 Å². The Labute approximate surface area is 187 Å². The lowest BCUT2D eigenvalue weighted by atomic mass is 10.0. The Balaban J connectivity index is 1.77. The number of nitrogens with one attached hydrogen (secondary N) is 1. The standard InChI is InChI=1S/C21H18F3N3O3S2/c1-20(11-31-12-26-20)27-32(28,29)15-4-6-16-13(9-15)7-8-25-19(16)17-5-3-14(21(22,23)24)10-18(17)30-2/h3-10,12,27H,11H2,1-2H3. The SMILES string of the molecule is COc1cc(C(F)(F)F)ccc1-c1nccc2cc(S(=O)(=O)NC3(C)CSC=N3)ccc12. The minimum atomic E-state index is -4.51. The number of rotatable bonds is 5. The lowest BCUT2D eigenvalue weighted by Gasteiger charge is -2.21. The van der Waals surface area contributed by atoms with Crippen molar-refractivity contribution in [2.24, 2.45) is 4.99 Å². The number of pyridine rings is 1. The summed E-state index contributed by atoms with van der Waals surface area (Å²) in [6, 6.07) is 9.32. The van der Waals surface area contributed by atoms with Gasteiger partial charge < -0.3 is 4.74 Å². The Morgan fingerprint density at radius 1 is 1.16 bits per heavy atom. The van der Waals surface area contributed by atoms with E-state index < -0.39 is 27.4 Å². The fourth-order valence-corrected chi connectivity index (χ4v) is 5.69. The molecule has 1 N–H and O–H groups in total. The van der Waals surface area contributed by atoms with E-state index in [1.807, 2.05) is 0 Å². The average molecular weight is 482 g/mol. The number of methoxy groups -OCH3 is 1. The zero-order chi connectivity index (χ0) is 23.1. The van der Waals surface area contributed by atoms with Crippen LogP contribution in [0.5, 0.6) is 5.75 Å². The minimum Gasteiger partial charge on any atom is -0.496 e. The highest BCUT2D eigenvalue weighted by Gasteiger charge is 2.33. The Hall–Kier alpha value is -2.63. The first kappa shape index (κ1) is 22.6. The van der Waals surface area contributed by atoms with Crippen LogP contribution in [0, 0.1) is 0 Å². The van der Waals surface area contributed by atoms with E-state index in [0.717, 1.165) is 12.1 Å². The number of hydrogen-bond donors (Lipinski definition) is 1. The molecule has 4 rings (SSSR count). The summed E-state index contributed by atoms with van der Waals surface area (Å²) in [5.74, 6) is 0.504. The predicted octanol–water partition coefficient (Wildman–Crippen LogP) is 4.70. The van der Waals surface area contributed by atoms with Gasteiger partial charge in [0.1, 0.15) is 11.4 Å². The fraction of sp³-hybridized carbons (Fsp3) is 0.238. The van der Waals surface area contributed by atoms with Crippen molar-refractivity contribution in [2.45, 2.75) is 23.7 Å².